The topological polar surface area (TPSA) is 62.7 Å². The van der Waals surface area contributed by atoms with E-state index in [1.165, 1.54) is 10.9 Å². The zero-order chi connectivity index (χ0) is 19.5. The van der Waals surface area contributed by atoms with Gasteiger partial charge in [-0.1, -0.05) is 50.2 Å². The molecule has 2 aromatic carbocycles. The molecule has 1 amide bonds. The molecule has 2 aromatic heterocycles. The van der Waals surface area contributed by atoms with E-state index in [0.717, 1.165) is 23.3 Å². The minimum absolute atomic E-state index is 0.108. The normalized spacial score (nSPS) is 11.2. The van der Waals surface area contributed by atoms with Crippen LogP contribution in [0.1, 0.15) is 41.5 Å². The Bertz CT molecular complexity index is 1090. The summed E-state index contributed by atoms with van der Waals surface area (Å²) in [7, 11) is 0. The Labute approximate surface area is 164 Å². The van der Waals surface area contributed by atoms with Crippen LogP contribution in [0.5, 0.6) is 0 Å². The summed E-state index contributed by atoms with van der Waals surface area (Å²) in [6.07, 6.45) is 2.79. The molecule has 0 aliphatic rings. The van der Waals surface area contributed by atoms with Gasteiger partial charge in [-0.3, -0.25) is 4.79 Å². The van der Waals surface area contributed by atoms with Crippen LogP contribution in [0.15, 0.2) is 66.9 Å². The first-order chi connectivity index (χ1) is 13.6. The monoisotopic (exact) mass is 372 g/mol. The predicted molar refractivity (Wildman–Crippen MR) is 112 cm³/mol. The Hall–Kier alpha value is -3.34. The molecule has 0 aliphatic carbocycles. The van der Waals surface area contributed by atoms with Gasteiger partial charge >= 0.3 is 0 Å². The molecular formula is C23H24N4O. The average molecular weight is 372 g/mol. The summed E-state index contributed by atoms with van der Waals surface area (Å²) >= 11 is 0. The lowest BCUT2D eigenvalue weighted by Gasteiger charge is -2.08. The van der Waals surface area contributed by atoms with Crippen molar-refractivity contribution < 1.29 is 4.79 Å². The number of aromatic amines is 1. The summed E-state index contributed by atoms with van der Waals surface area (Å²) in [5, 5.41) is 8.90. The van der Waals surface area contributed by atoms with E-state index in [4.69, 9.17) is 0 Å². The summed E-state index contributed by atoms with van der Waals surface area (Å²) in [6.45, 7) is 4.73. The third kappa shape index (κ3) is 3.56. The summed E-state index contributed by atoms with van der Waals surface area (Å²) in [5.74, 6) is 0.144. The van der Waals surface area contributed by atoms with Crippen LogP contribution in [0.25, 0.3) is 16.6 Å². The van der Waals surface area contributed by atoms with Gasteiger partial charge in [0.15, 0.2) is 0 Å². The van der Waals surface area contributed by atoms with Gasteiger partial charge in [0.1, 0.15) is 5.69 Å². The van der Waals surface area contributed by atoms with E-state index in [9.17, 15) is 4.79 Å². The second-order valence-corrected chi connectivity index (χ2v) is 7.22. The molecule has 0 atom stereocenters. The van der Waals surface area contributed by atoms with Crippen LogP contribution >= 0.6 is 0 Å². The van der Waals surface area contributed by atoms with Gasteiger partial charge in [0.2, 0.25) is 0 Å². The minimum Gasteiger partial charge on any atom is -0.361 e. The maximum Gasteiger partial charge on any atom is 0.270 e. The van der Waals surface area contributed by atoms with E-state index in [1.54, 1.807) is 4.68 Å². The van der Waals surface area contributed by atoms with Gasteiger partial charge in [0.05, 0.1) is 11.4 Å². The van der Waals surface area contributed by atoms with Crippen molar-refractivity contribution in [2.75, 3.05) is 6.54 Å². The Kier molecular flexibility index (Phi) is 4.98. The minimum atomic E-state index is -0.108. The molecule has 0 radical (unpaired) electrons. The maximum atomic E-state index is 12.9. The second kappa shape index (κ2) is 7.72. The summed E-state index contributed by atoms with van der Waals surface area (Å²) in [5.41, 5.74) is 4.68. The molecule has 0 spiro atoms. The van der Waals surface area contributed by atoms with Crippen molar-refractivity contribution in [1.82, 2.24) is 20.1 Å². The molecule has 2 N–H and O–H groups in total. The molecule has 142 valence electrons. The number of hydrogen-bond acceptors (Lipinski definition) is 2. The van der Waals surface area contributed by atoms with Crippen LogP contribution < -0.4 is 5.32 Å². The zero-order valence-corrected chi connectivity index (χ0v) is 16.1. The molecule has 5 heteroatoms. The first-order valence-electron chi connectivity index (χ1n) is 9.62. The number of carbonyl (C=O) groups excluding carboxylic acids is 1. The van der Waals surface area contributed by atoms with Crippen LogP contribution in [0.2, 0.25) is 0 Å². The highest BCUT2D eigenvalue weighted by Crippen LogP contribution is 2.19. The van der Waals surface area contributed by atoms with Gasteiger partial charge in [-0.25, -0.2) is 4.68 Å². The van der Waals surface area contributed by atoms with Gasteiger partial charge in [0, 0.05) is 23.6 Å². The van der Waals surface area contributed by atoms with E-state index in [2.05, 4.69) is 41.4 Å². The smallest absolute Gasteiger partial charge is 0.270 e. The number of hydrogen-bond donors (Lipinski definition) is 2. The van der Waals surface area contributed by atoms with Crippen LogP contribution in [0.3, 0.4) is 0 Å². The number of nitrogens with zero attached hydrogens (tertiary/aromatic N) is 2. The average Bonchev–Trinajstić information content (AvgIpc) is 3.34. The molecule has 4 rings (SSSR count). The first-order valence-corrected chi connectivity index (χ1v) is 9.62. The standard InChI is InChI=1S/C23H24N4O/c1-16(2)21-14-22(27(26-21)18-8-4-3-5-9-18)23(28)24-13-12-17-15-25-20-11-7-6-10-19(17)20/h3-11,14-16,25H,12-13H2,1-2H3,(H,24,28). The summed E-state index contributed by atoms with van der Waals surface area (Å²) < 4.78 is 1.73. The molecule has 0 saturated carbocycles. The number of benzene rings is 2. The lowest BCUT2D eigenvalue weighted by Crippen LogP contribution is -2.27. The van der Waals surface area contributed by atoms with E-state index in [1.807, 2.05) is 54.7 Å². The molecule has 0 fully saturated rings. The fraction of sp³-hybridized carbons (Fsp3) is 0.217. The number of nitrogens with one attached hydrogen (secondary N) is 2. The van der Waals surface area contributed by atoms with E-state index >= 15 is 0 Å². The highest BCUT2D eigenvalue weighted by atomic mass is 16.2. The first kappa shape index (κ1) is 18.0. The van der Waals surface area contributed by atoms with Gasteiger partial charge < -0.3 is 10.3 Å². The van der Waals surface area contributed by atoms with E-state index < -0.39 is 0 Å². The van der Waals surface area contributed by atoms with Gasteiger partial charge in [-0.2, -0.15) is 5.10 Å². The number of carbonyl (C=O) groups is 1. The number of aromatic nitrogens is 3. The van der Waals surface area contributed by atoms with Crippen molar-refractivity contribution in [3.05, 3.63) is 83.8 Å². The van der Waals surface area contributed by atoms with Gasteiger partial charge in [-0.15, -0.1) is 0 Å². The molecule has 28 heavy (non-hydrogen) atoms. The Morgan fingerprint density at radius 1 is 1.11 bits per heavy atom. The molecule has 0 bridgehead atoms. The number of amides is 1. The van der Waals surface area contributed by atoms with Gasteiger partial charge in [-0.05, 0) is 42.2 Å². The molecule has 2 heterocycles. The molecule has 4 aromatic rings. The van der Waals surface area contributed by atoms with Crippen molar-refractivity contribution >= 4 is 16.8 Å². The Morgan fingerprint density at radius 2 is 1.86 bits per heavy atom. The highest BCUT2D eigenvalue weighted by molar-refractivity contribution is 5.93. The molecule has 0 unspecified atom stereocenters. The number of para-hydroxylation sites is 2. The van der Waals surface area contributed by atoms with Crippen molar-refractivity contribution in [3.63, 3.8) is 0 Å². The second-order valence-electron chi connectivity index (χ2n) is 7.22. The number of fused-ring (bicyclic) bond motifs is 1. The number of rotatable bonds is 6. The molecule has 0 saturated heterocycles. The van der Waals surface area contributed by atoms with Crippen molar-refractivity contribution in [2.24, 2.45) is 0 Å². The largest absolute Gasteiger partial charge is 0.361 e. The van der Waals surface area contributed by atoms with Gasteiger partial charge in [0.25, 0.3) is 5.91 Å². The fourth-order valence-corrected chi connectivity index (χ4v) is 3.35. The zero-order valence-electron chi connectivity index (χ0n) is 16.1. The summed E-state index contributed by atoms with van der Waals surface area (Å²) in [6, 6.07) is 19.9. The highest BCUT2D eigenvalue weighted by Gasteiger charge is 2.18. The Balaban J connectivity index is 1.51. The maximum absolute atomic E-state index is 12.9. The van der Waals surface area contributed by atoms with Crippen molar-refractivity contribution in [2.45, 2.75) is 26.2 Å². The SMILES string of the molecule is CC(C)c1cc(C(=O)NCCc2c[nH]c3ccccc23)n(-c2ccccc2)n1. The summed E-state index contributed by atoms with van der Waals surface area (Å²) in [4.78, 5) is 16.2. The van der Waals surface area contributed by atoms with Crippen molar-refractivity contribution in [1.29, 1.82) is 0 Å². The Morgan fingerprint density at radius 3 is 2.64 bits per heavy atom. The third-order valence-electron chi connectivity index (χ3n) is 4.91. The molecular weight excluding hydrogens is 348 g/mol. The lowest BCUT2D eigenvalue weighted by molar-refractivity contribution is 0.0946. The lowest BCUT2D eigenvalue weighted by atomic mass is 10.1. The molecule has 5 nitrogen and oxygen atoms in total. The van der Waals surface area contributed by atoms with Crippen molar-refractivity contribution in [3.8, 4) is 5.69 Å². The quantitative estimate of drug-likeness (QED) is 0.525. The third-order valence-corrected chi connectivity index (χ3v) is 4.91. The van der Waals surface area contributed by atoms with Crippen LogP contribution in [0, 0.1) is 0 Å². The van der Waals surface area contributed by atoms with Crippen LogP contribution in [-0.4, -0.2) is 27.2 Å². The van der Waals surface area contributed by atoms with E-state index in [-0.39, 0.29) is 11.8 Å². The fourth-order valence-electron chi connectivity index (χ4n) is 3.35. The molecule has 0 aliphatic heterocycles. The number of H-pyrrole nitrogens is 1. The van der Waals surface area contributed by atoms with Crippen LogP contribution in [0.4, 0.5) is 0 Å². The predicted octanol–water partition coefficient (Wildman–Crippen LogP) is 4.45. The van der Waals surface area contributed by atoms with E-state index in [0.29, 0.717) is 12.2 Å². The van der Waals surface area contributed by atoms with Crippen LogP contribution in [-0.2, 0) is 6.42 Å².